The van der Waals surface area contributed by atoms with Crippen molar-refractivity contribution >= 4 is 5.57 Å². The summed E-state index contributed by atoms with van der Waals surface area (Å²) in [4.78, 5) is 4.59. The SMILES string of the molecule is CC(C)Cc1ccc(C2=CC=CC(C)(C)C=C2)nc1. The fourth-order valence-electron chi connectivity index (χ4n) is 2.17. The Morgan fingerprint density at radius 1 is 1.16 bits per heavy atom. The van der Waals surface area contributed by atoms with E-state index in [-0.39, 0.29) is 5.41 Å². The first-order valence-corrected chi connectivity index (χ1v) is 7.00. The van der Waals surface area contributed by atoms with E-state index in [1.54, 1.807) is 0 Å². The Balaban J connectivity index is 2.19. The molecule has 1 aromatic rings. The molecule has 0 amide bonds. The van der Waals surface area contributed by atoms with Gasteiger partial charge in [0.25, 0.3) is 0 Å². The lowest BCUT2D eigenvalue weighted by atomic mass is 9.93. The molecule has 0 aliphatic heterocycles. The minimum atomic E-state index is 0.121. The predicted octanol–water partition coefficient (Wildman–Crippen LogP) is 4.82. The molecule has 1 aliphatic carbocycles. The van der Waals surface area contributed by atoms with Gasteiger partial charge in [-0.25, -0.2) is 0 Å². The maximum absolute atomic E-state index is 4.59. The van der Waals surface area contributed by atoms with Crippen LogP contribution in [0.5, 0.6) is 0 Å². The molecular weight excluding hydrogens is 230 g/mol. The van der Waals surface area contributed by atoms with Gasteiger partial charge in [-0.2, -0.15) is 0 Å². The van der Waals surface area contributed by atoms with Crippen molar-refractivity contribution in [1.29, 1.82) is 0 Å². The van der Waals surface area contributed by atoms with Crippen molar-refractivity contribution in [3.05, 3.63) is 60.0 Å². The molecule has 0 unspecified atom stereocenters. The standard InChI is InChI=1S/C18H23N/c1-14(2)12-15-7-8-17(19-13-15)16-6-5-10-18(3,4)11-9-16/h5-11,13-14H,12H2,1-4H3. The molecule has 0 aromatic carbocycles. The van der Waals surface area contributed by atoms with E-state index in [0.29, 0.717) is 5.92 Å². The van der Waals surface area contributed by atoms with Crippen LogP contribution in [0, 0.1) is 11.3 Å². The van der Waals surface area contributed by atoms with E-state index in [4.69, 9.17) is 0 Å². The van der Waals surface area contributed by atoms with Gasteiger partial charge in [0.15, 0.2) is 0 Å². The Morgan fingerprint density at radius 2 is 1.95 bits per heavy atom. The lowest BCUT2D eigenvalue weighted by Gasteiger charge is -2.12. The van der Waals surface area contributed by atoms with Crippen LogP contribution in [0.15, 0.2) is 48.7 Å². The van der Waals surface area contributed by atoms with Crippen molar-refractivity contribution < 1.29 is 0 Å². The predicted molar refractivity (Wildman–Crippen MR) is 82.8 cm³/mol. The van der Waals surface area contributed by atoms with Gasteiger partial charge in [0.2, 0.25) is 0 Å². The average Bonchev–Trinajstić information content (AvgIpc) is 2.51. The molecule has 1 nitrogen and oxygen atoms in total. The van der Waals surface area contributed by atoms with E-state index in [9.17, 15) is 0 Å². The highest BCUT2D eigenvalue weighted by atomic mass is 14.7. The van der Waals surface area contributed by atoms with Gasteiger partial charge in [-0.15, -0.1) is 0 Å². The Bertz CT molecular complexity index is 513. The first-order valence-electron chi connectivity index (χ1n) is 7.00. The number of hydrogen-bond donors (Lipinski definition) is 0. The summed E-state index contributed by atoms with van der Waals surface area (Å²) in [6.07, 6.45) is 14.0. The molecule has 1 heteroatoms. The summed E-state index contributed by atoms with van der Waals surface area (Å²) in [7, 11) is 0. The largest absolute Gasteiger partial charge is 0.256 e. The number of rotatable bonds is 3. The van der Waals surface area contributed by atoms with Crippen LogP contribution < -0.4 is 0 Å². The van der Waals surface area contributed by atoms with Gasteiger partial charge < -0.3 is 0 Å². The van der Waals surface area contributed by atoms with Crippen LogP contribution in [0.2, 0.25) is 0 Å². The highest BCUT2D eigenvalue weighted by Gasteiger charge is 2.11. The molecule has 19 heavy (non-hydrogen) atoms. The Morgan fingerprint density at radius 3 is 2.58 bits per heavy atom. The van der Waals surface area contributed by atoms with Crippen LogP contribution >= 0.6 is 0 Å². The van der Waals surface area contributed by atoms with E-state index in [1.807, 2.05) is 6.20 Å². The third-order valence-corrected chi connectivity index (χ3v) is 3.26. The Labute approximate surface area is 116 Å². The number of aromatic nitrogens is 1. The second-order valence-electron chi connectivity index (χ2n) is 6.29. The van der Waals surface area contributed by atoms with Gasteiger partial charge in [0.05, 0.1) is 5.69 Å². The molecule has 0 spiro atoms. The van der Waals surface area contributed by atoms with E-state index >= 15 is 0 Å². The van der Waals surface area contributed by atoms with Crippen LogP contribution in [-0.4, -0.2) is 4.98 Å². The topological polar surface area (TPSA) is 12.9 Å². The molecule has 0 saturated carbocycles. The van der Waals surface area contributed by atoms with Gasteiger partial charge in [0, 0.05) is 11.6 Å². The average molecular weight is 253 g/mol. The number of hydrogen-bond acceptors (Lipinski definition) is 1. The molecule has 1 heterocycles. The molecule has 0 radical (unpaired) electrons. The summed E-state index contributed by atoms with van der Waals surface area (Å²) in [5, 5.41) is 0. The van der Waals surface area contributed by atoms with Gasteiger partial charge in [0.1, 0.15) is 0 Å². The summed E-state index contributed by atoms with van der Waals surface area (Å²) in [6.45, 7) is 8.88. The van der Waals surface area contributed by atoms with E-state index in [2.05, 4.69) is 75.2 Å². The quantitative estimate of drug-likeness (QED) is 0.753. The summed E-state index contributed by atoms with van der Waals surface area (Å²) in [5.41, 5.74) is 3.66. The maximum atomic E-state index is 4.59. The normalized spacial score (nSPS) is 17.4. The van der Waals surface area contributed by atoms with Crippen molar-refractivity contribution in [2.24, 2.45) is 11.3 Å². The smallest absolute Gasteiger partial charge is 0.0702 e. The zero-order valence-corrected chi connectivity index (χ0v) is 12.4. The van der Waals surface area contributed by atoms with Crippen molar-refractivity contribution in [3.8, 4) is 0 Å². The zero-order chi connectivity index (χ0) is 13.9. The monoisotopic (exact) mass is 253 g/mol. The first-order chi connectivity index (χ1) is 8.96. The summed E-state index contributed by atoms with van der Waals surface area (Å²) in [5.74, 6) is 0.674. The highest BCUT2D eigenvalue weighted by Crippen LogP contribution is 2.26. The number of allylic oxidation sites excluding steroid dienone is 6. The van der Waals surface area contributed by atoms with Crippen LogP contribution in [0.4, 0.5) is 0 Å². The van der Waals surface area contributed by atoms with Crippen LogP contribution in [-0.2, 0) is 6.42 Å². The fourth-order valence-corrected chi connectivity index (χ4v) is 2.17. The molecule has 0 fully saturated rings. The van der Waals surface area contributed by atoms with Gasteiger partial charge in [-0.05, 0) is 29.5 Å². The lowest BCUT2D eigenvalue weighted by Crippen LogP contribution is -2.00. The summed E-state index contributed by atoms with van der Waals surface area (Å²) < 4.78 is 0. The third-order valence-electron chi connectivity index (χ3n) is 3.26. The maximum Gasteiger partial charge on any atom is 0.0702 e. The van der Waals surface area contributed by atoms with E-state index in [1.165, 1.54) is 11.1 Å². The van der Waals surface area contributed by atoms with Crippen molar-refractivity contribution in [3.63, 3.8) is 0 Å². The van der Waals surface area contributed by atoms with Crippen LogP contribution in [0.1, 0.15) is 39.0 Å². The molecule has 0 saturated heterocycles. The van der Waals surface area contributed by atoms with Crippen molar-refractivity contribution in [2.75, 3.05) is 0 Å². The highest BCUT2D eigenvalue weighted by molar-refractivity contribution is 5.73. The van der Waals surface area contributed by atoms with Crippen LogP contribution in [0.3, 0.4) is 0 Å². The van der Waals surface area contributed by atoms with Gasteiger partial charge in [-0.1, -0.05) is 64.1 Å². The molecule has 1 aromatic heterocycles. The molecule has 0 N–H and O–H groups in total. The summed E-state index contributed by atoms with van der Waals surface area (Å²) >= 11 is 0. The minimum Gasteiger partial charge on any atom is -0.256 e. The van der Waals surface area contributed by atoms with Gasteiger partial charge in [-0.3, -0.25) is 4.98 Å². The fraction of sp³-hybridized carbons (Fsp3) is 0.389. The molecule has 1 aliphatic rings. The molecule has 0 atom stereocenters. The zero-order valence-electron chi connectivity index (χ0n) is 12.4. The first kappa shape index (κ1) is 13.8. The summed E-state index contributed by atoms with van der Waals surface area (Å²) in [6, 6.07) is 4.32. The third kappa shape index (κ3) is 3.92. The molecule has 0 bridgehead atoms. The lowest BCUT2D eigenvalue weighted by molar-refractivity contribution is 0.627. The number of nitrogens with zero attached hydrogens (tertiary/aromatic N) is 1. The van der Waals surface area contributed by atoms with Gasteiger partial charge >= 0.3 is 0 Å². The molecule has 100 valence electrons. The molecular formula is C18H23N. The molecule has 2 rings (SSSR count). The van der Waals surface area contributed by atoms with E-state index in [0.717, 1.165) is 12.1 Å². The Hall–Kier alpha value is -1.63. The Kier molecular flexibility index (Phi) is 4.04. The van der Waals surface area contributed by atoms with Crippen LogP contribution in [0.25, 0.3) is 5.57 Å². The van der Waals surface area contributed by atoms with Crippen molar-refractivity contribution in [2.45, 2.75) is 34.1 Å². The number of pyridine rings is 1. The minimum absolute atomic E-state index is 0.121. The van der Waals surface area contributed by atoms with E-state index < -0.39 is 0 Å². The second kappa shape index (κ2) is 5.56. The van der Waals surface area contributed by atoms with Crippen molar-refractivity contribution in [1.82, 2.24) is 4.98 Å². The second-order valence-corrected chi connectivity index (χ2v) is 6.29.